The maximum absolute atomic E-state index is 5.97. The summed E-state index contributed by atoms with van der Waals surface area (Å²) < 4.78 is 5.97. The maximum Gasteiger partial charge on any atom is 0.150 e. The molecule has 1 saturated heterocycles. The van der Waals surface area contributed by atoms with E-state index in [0.717, 1.165) is 41.0 Å². The molecule has 0 saturated carbocycles. The van der Waals surface area contributed by atoms with Crippen LogP contribution in [-0.4, -0.2) is 34.6 Å². The van der Waals surface area contributed by atoms with Gasteiger partial charge in [0.15, 0.2) is 5.82 Å². The van der Waals surface area contributed by atoms with Crippen LogP contribution in [0.1, 0.15) is 49.0 Å². The Labute approximate surface area is 141 Å². The third-order valence-electron chi connectivity index (χ3n) is 3.98. The second kappa shape index (κ2) is 6.17. The Kier molecular flexibility index (Phi) is 4.38. The van der Waals surface area contributed by atoms with E-state index in [9.17, 15) is 0 Å². The van der Waals surface area contributed by atoms with Gasteiger partial charge in [0.25, 0.3) is 0 Å². The summed E-state index contributed by atoms with van der Waals surface area (Å²) in [7, 11) is 0. The molecule has 0 bridgehead atoms. The molecule has 1 aliphatic heterocycles. The first-order chi connectivity index (χ1) is 10.8. The van der Waals surface area contributed by atoms with Gasteiger partial charge in [0.2, 0.25) is 0 Å². The lowest BCUT2D eigenvalue weighted by atomic mass is 9.93. The van der Waals surface area contributed by atoms with E-state index >= 15 is 0 Å². The molecule has 0 aliphatic carbocycles. The molecule has 0 amide bonds. The third kappa shape index (κ3) is 3.53. The number of aryl methyl sites for hydroxylation is 2. The highest BCUT2D eigenvalue weighted by molar-refractivity contribution is 7.09. The number of hydrogen-bond acceptors (Lipinski definition) is 6. The zero-order valence-electron chi connectivity index (χ0n) is 14.5. The zero-order valence-corrected chi connectivity index (χ0v) is 15.3. The average molecular weight is 332 g/mol. The van der Waals surface area contributed by atoms with E-state index in [-0.39, 0.29) is 11.5 Å². The molecule has 0 unspecified atom stereocenters. The first-order valence-electron chi connectivity index (χ1n) is 7.97. The van der Waals surface area contributed by atoms with Gasteiger partial charge in [-0.3, -0.25) is 4.98 Å². The highest BCUT2D eigenvalue weighted by atomic mass is 32.1. The van der Waals surface area contributed by atoms with Crippen molar-refractivity contribution in [2.24, 2.45) is 0 Å². The molecule has 5 nitrogen and oxygen atoms in total. The van der Waals surface area contributed by atoms with Gasteiger partial charge in [-0.25, -0.2) is 9.97 Å². The Morgan fingerprint density at radius 3 is 2.74 bits per heavy atom. The summed E-state index contributed by atoms with van der Waals surface area (Å²) >= 11 is 1.69. The van der Waals surface area contributed by atoms with Gasteiger partial charge in [-0.05, 0) is 13.8 Å². The second-order valence-electron chi connectivity index (χ2n) is 7.05. The molecule has 2 aromatic rings. The van der Waals surface area contributed by atoms with Gasteiger partial charge in [-0.1, -0.05) is 20.8 Å². The molecular formula is C17H24N4OS. The summed E-state index contributed by atoms with van der Waals surface area (Å²) in [6.07, 6.45) is 1.82. The van der Waals surface area contributed by atoms with Gasteiger partial charge >= 0.3 is 0 Å². The van der Waals surface area contributed by atoms with Crippen LogP contribution in [0.5, 0.6) is 0 Å². The molecule has 6 heteroatoms. The van der Waals surface area contributed by atoms with Crippen molar-refractivity contribution in [3.63, 3.8) is 0 Å². The Morgan fingerprint density at radius 2 is 2.04 bits per heavy atom. The van der Waals surface area contributed by atoms with Crippen molar-refractivity contribution in [3.05, 3.63) is 33.7 Å². The minimum atomic E-state index is 0.00608. The van der Waals surface area contributed by atoms with E-state index in [1.807, 2.05) is 20.0 Å². The molecular weight excluding hydrogens is 308 g/mol. The van der Waals surface area contributed by atoms with E-state index in [1.165, 1.54) is 0 Å². The van der Waals surface area contributed by atoms with Crippen molar-refractivity contribution >= 4 is 17.2 Å². The van der Waals surface area contributed by atoms with Gasteiger partial charge in [-0.15, -0.1) is 11.3 Å². The van der Waals surface area contributed by atoms with Gasteiger partial charge in [0.05, 0.1) is 30.2 Å². The van der Waals surface area contributed by atoms with Crippen molar-refractivity contribution in [1.29, 1.82) is 0 Å². The molecule has 124 valence electrons. The Balaban J connectivity index is 1.81. The quantitative estimate of drug-likeness (QED) is 0.843. The Morgan fingerprint density at radius 1 is 1.26 bits per heavy atom. The standard InChI is InChI=1S/C17H24N4OS/c1-11-8-18-12(2)15(19-11)21-6-7-22-13(9-21)16-20-14(10-23-16)17(3,4)5/h8,10,13H,6-7,9H2,1-5H3/t13-/m0/s1. The minimum absolute atomic E-state index is 0.00608. The minimum Gasteiger partial charge on any atom is -0.367 e. The molecule has 1 aliphatic rings. The summed E-state index contributed by atoms with van der Waals surface area (Å²) in [6, 6.07) is 0. The lowest BCUT2D eigenvalue weighted by molar-refractivity contribution is 0.0391. The molecule has 2 aromatic heterocycles. The van der Waals surface area contributed by atoms with Crippen molar-refractivity contribution in [3.8, 4) is 0 Å². The Hall–Kier alpha value is -1.53. The molecule has 23 heavy (non-hydrogen) atoms. The van der Waals surface area contributed by atoms with Gasteiger partial charge in [-0.2, -0.15) is 0 Å². The number of hydrogen-bond donors (Lipinski definition) is 0. The number of ether oxygens (including phenoxy) is 1. The number of thiazole rings is 1. The van der Waals surface area contributed by atoms with Crippen molar-refractivity contribution in [1.82, 2.24) is 15.0 Å². The molecule has 0 radical (unpaired) electrons. The number of rotatable bonds is 2. The summed E-state index contributed by atoms with van der Waals surface area (Å²) in [4.78, 5) is 16.2. The van der Waals surface area contributed by atoms with E-state index < -0.39 is 0 Å². The van der Waals surface area contributed by atoms with E-state index in [0.29, 0.717) is 6.61 Å². The lowest BCUT2D eigenvalue weighted by Crippen LogP contribution is -2.39. The van der Waals surface area contributed by atoms with Gasteiger partial charge in [0.1, 0.15) is 11.1 Å². The van der Waals surface area contributed by atoms with E-state index in [2.05, 4.69) is 41.0 Å². The van der Waals surface area contributed by atoms with Crippen LogP contribution in [-0.2, 0) is 10.2 Å². The molecule has 0 N–H and O–H groups in total. The maximum atomic E-state index is 5.97. The summed E-state index contributed by atoms with van der Waals surface area (Å²) in [5.74, 6) is 0.964. The van der Waals surface area contributed by atoms with Crippen LogP contribution < -0.4 is 4.90 Å². The molecule has 3 heterocycles. The first kappa shape index (κ1) is 16.3. The monoisotopic (exact) mass is 332 g/mol. The largest absolute Gasteiger partial charge is 0.367 e. The number of anilines is 1. The second-order valence-corrected chi connectivity index (χ2v) is 7.94. The van der Waals surface area contributed by atoms with Crippen LogP contribution in [0.3, 0.4) is 0 Å². The van der Waals surface area contributed by atoms with Gasteiger partial charge < -0.3 is 9.64 Å². The number of morpholine rings is 1. The number of aromatic nitrogens is 3. The summed E-state index contributed by atoms with van der Waals surface area (Å²) in [5, 5.41) is 3.20. The average Bonchev–Trinajstić information content (AvgIpc) is 3.00. The van der Waals surface area contributed by atoms with Crippen molar-refractivity contribution < 1.29 is 4.74 Å². The fourth-order valence-electron chi connectivity index (χ4n) is 2.60. The van der Waals surface area contributed by atoms with Crippen LogP contribution in [0.25, 0.3) is 0 Å². The highest BCUT2D eigenvalue weighted by Gasteiger charge is 2.28. The van der Waals surface area contributed by atoms with Crippen molar-refractivity contribution in [2.45, 2.75) is 46.1 Å². The zero-order chi connectivity index (χ0) is 16.6. The topological polar surface area (TPSA) is 51.1 Å². The summed E-state index contributed by atoms with van der Waals surface area (Å²) in [6.45, 7) is 12.8. The SMILES string of the molecule is Cc1cnc(C)c(N2CCO[C@H](c3nc(C(C)(C)C)cs3)C2)n1. The normalized spacial score (nSPS) is 19.2. The highest BCUT2D eigenvalue weighted by Crippen LogP contribution is 2.31. The molecule has 0 spiro atoms. The fourth-order valence-corrected chi connectivity index (χ4v) is 3.68. The Bertz CT molecular complexity index is 692. The predicted molar refractivity (Wildman–Crippen MR) is 93.2 cm³/mol. The van der Waals surface area contributed by atoms with Crippen LogP contribution in [0.15, 0.2) is 11.6 Å². The van der Waals surface area contributed by atoms with E-state index in [1.54, 1.807) is 11.3 Å². The van der Waals surface area contributed by atoms with Crippen LogP contribution in [0.2, 0.25) is 0 Å². The number of nitrogens with zero attached hydrogens (tertiary/aromatic N) is 4. The molecule has 1 atom stereocenters. The van der Waals surface area contributed by atoms with Crippen LogP contribution in [0.4, 0.5) is 5.82 Å². The lowest BCUT2D eigenvalue weighted by Gasteiger charge is -2.33. The molecule has 0 aromatic carbocycles. The van der Waals surface area contributed by atoms with Gasteiger partial charge in [0, 0.05) is 23.5 Å². The smallest absolute Gasteiger partial charge is 0.150 e. The molecule has 3 rings (SSSR count). The third-order valence-corrected chi connectivity index (χ3v) is 4.92. The molecule has 1 fully saturated rings. The van der Waals surface area contributed by atoms with Crippen LogP contribution in [0, 0.1) is 13.8 Å². The van der Waals surface area contributed by atoms with Crippen LogP contribution >= 0.6 is 11.3 Å². The predicted octanol–water partition coefficient (Wildman–Crippen LogP) is 3.43. The fraction of sp³-hybridized carbons (Fsp3) is 0.588. The van der Waals surface area contributed by atoms with E-state index in [4.69, 9.17) is 9.72 Å². The van der Waals surface area contributed by atoms with Crippen molar-refractivity contribution in [2.75, 3.05) is 24.6 Å². The first-order valence-corrected chi connectivity index (χ1v) is 8.85. The summed E-state index contributed by atoms with van der Waals surface area (Å²) in [5.41, 5.74) is 3.11.